The predicted octanol–water partition coefficient (Wildman–Crippen LogP) is 2.80. The number of hydrogen-bond acceptors (Lipinski definition) is 6. The van der Waals surface area contributed by atoms with E-state index >= 15 is 0 Å². The fourth-order valence-corrected chi connectivity index (χ4v) is 3.44. The average Bonchev–Trinajstić information content (AvgIpc) is 3.13. The van der Waals surface area contributed by atoms with E-state index in [4.69, 9.17) is 8.94 Å². The second-order valence-corrected chi connectivity index (χ2v) is 6.58. The highest BCUT2D eigenvalue weighted by molar-refractivity contribution is 5.91. The molecule has 1 saturated heterocycles. The maximum Gasteiger partial charge on any atom is 0.289 e. The molecule has 136 valence electrons. The zero-order chi connectivity index (χ0) is 17.8. The summed E-state index contributed by atoms with van der Waals surface area (Å²) in [6.07, 6.45) is 2.99. The molecule has 3 rings (SSSR count). The van der Waals surface area contributed by atoms with Crippen molar-refractivity contribution < 1.29 is 13.7 Å². The van der Waals surface area contributed by atoms with Gasteiger partial charge in [0, 0.05) is 26.1 Å². The van der Waals surface area contributed by atoms with Crippen LogP contribution in [0, 0.1) is 13.8 Å². The first-order valence-corrected chi connectivity index (χ1v) is 8.95. The second kappa shape index (κ2) is 7.82. The van der Waals surface area contributed by atoms with Crippen LogP contribution in [0.3, 0.4) is 0 Å². The molecular formula is C18H26N4O3. The van der Waals surface area contributed by atoms with E-state index in [1.165, 1.54) is 0 Å². The number of likely N-dealkylation sites (tertiary alicyclic amines) is 1. The average molecular weight is 346 g/mol. The van der Waals surface area contributed by atoms with Crippen molar-refractivity contribution in [1.29, 1.82) is 0 Å². The maximum atomic E-state index is 12.6. The normalized spacial score (nSPS) is 18.6. The molecule has 0 aliphatic carbocycles. The second-order valence-electron chi connectivity index (χ2n) is 6.58. The van der Waals surface area contributed by atoms with Gasteiger partial charge in [0.2, 0.25) is 5.89 Å². The molecule has 1 fully saturated rings. The van der Waals surface area contributed by atoms with Crippen LogP contribution in [0.1, 0.15) is 54.2 Å². The molecule has 1 amide bonds. The van der Waals surface area contributed by atoms with Gasteiger partial charge in [-0.2, -0.15) is 4.98 Å². The van der Waals surface area contributed by atoms with E-state index in [1.54, 1.807) is 13.0 Å². The lowest BCUT2D eigenvalue weighted by atomic mass is 10.1. The number of furan rings is 1. The van der Waals surface area contributed by atoms with Crippen LogP contribution in [-0.4, -0.2) is 51.5 Å². The third kappa shape index (κ3) is 4.28. The summed E-state index contributed by atoms with van der Waals surface area (Å²) in [6.45, 7) is 8.92. The summed E-state index contributed by atoms with van der Waals surface area (Å²) in [7, 11) is 0. The van der Waals surface area contributed by atoms with E-state index < -0.39 is 0 Å². The molecule has 1 aliphatic heterocycles. The fraction of sp³-hybridized carbons (Fsp3) is 0.611. The van der Waals surface area contributed by atoms with Gasteiger partial charge in [0.1, 0.15) is 5.76 Å². The molecule has 1 atom stereocenters. The standard InChI is InChI=1S/C18H26N4O3/c1-4-21(12-17-19-14(3)25-20-17)15-6-5-10-22(11-9-15)18(23)16-8-7-13(2)24-16/h7-8,15H,4-6,9-12H2,1-3H3/t15-/m1/s1. The monoisotopic (exact) mass is 346 g/mol. The Bertz CT molecular complexity index is 709. The van der Waals surface area contributed by atoms with Crippen LogP contribution in [-0.2, 0) is 6.54 Å². The highest BCUT2D eigenvalue weighted by atomic mass is 16.5. The number of hydrogen-bond donors (Lipinski definition) is 0. The quantitative estimate of drug-likeness (QED) is 0.829. The van der Waals surface area contributed by atoms with Crippen LogP contribution >= 0.6 is 0 Å². The molecule has 0 aromatic carbocycles. The Morgan fingerprint density at radius 1 is 1.32 bits per heavy atom. The number of carbonyl (C=O) groups excluding carboxylic acids is 1. The fourth-order valence-electron chi connectivity index (χ4n) is 3.44. The minimum Gasteiger partial charge on any atom is -0.456 e. The summed E-state index contributed by atoms with van der Waals surface area (Å²) < 4.78 is 10.6. The highest BCUT2D eigenvalue weighted by Crippen LogP contribution is 2.20. The van der Waals surface area contributed by atoms with E-state index in [1.807, 2.05) is 17.9 Å². The van der Waals surface area contributed by atoms with Gasteiger partial charge in [0.25, 0.3) is 5.91 Å². The van der Waals surface area contributed by atoms with Crippen LogP contribution in [0.5, 0.6) is 0 Å². The van der Waals surface area contributed by atoms with Crippen molar-refractivity contribution in [1.82, 2.24) is 19.9 Å². The van der Waals surface area contributed by atoms with Crippen molar-refractivity contribution in [2.75, 3.05) is 19.6 Å². The molecule has 0 unspecified atom stereocenters. The molecule has 1 aliphatic rings. The number of aromatic nitrogens is 2. The zero-order valence-corrected chi connectivity index (χ0v) is 15.2. The number of aryl methyl sites for hydroxylation is 2. The van der Waals surface area contributed by atoms with Gasteiger partial charge in [-0.3, -0.25) is 9.69 Å². The molecule has 0 spiro atoms. The van der Waals surface area contributed by atoms with Crippen molar-refractivity contribution in [3.05, 3.63) is 35.4 Å². The minimum atomic E-state index is -0.00871. The van der Waals surface area contributed by atoms with Gasteiger partial charge in [-0.05, 0) is 44.9 Å². The molecular weight excluding hydrogens is 320 g/mol. The number of rotatable bonds is 5. The van der Waals surface area contributed by atoms with Crippen molar-refractivity contribution in [2.45, 2.75) is 52.6 Å². The lowest BCUT2D eigenvalue weighted by Gasteiger charge is -2.28. The van der Waals surface area contributed by atoms with Gasteiger partial charge in [0.05, 0.1) is 6.54 Å². The van der Waals surface area contributed by atoms with Crippen LogP contribution < -0.4 is 0 Å². The third-order valence-corrected chi connectivity index (χ3v) is 4.77. The van der Waals surface area contributed by atoms with E-state index in [-0.39, 0.29) is 5.91 Å². The first-order valence-electron chi connectivity index (χ1n) is 8.95. The first kappa shape index (κ1) is 17.7. The summed E-state index contributed by atoms with van der Waals surface area (Å²) in [4.78, 5) is 21.2. The van der Waals surface area contributed by atoms with E-state index in [9.17, 15) is 4.79 Å². The Balaban J connectivity index is 1.60. The van der Waals surface area contributed by atoms with Gasteiger partial charge >= 0.3 is 0 Å². The van der Waals surface area contributed by atoms with Crippen LogP contribution in [0.15, 0.2) is 21.1 Å². The van der Waals surface area contributed by atoms with Gasteiger partial charge in [-0.25, -0.2) is 0 Å². The molecule has 0 saturated carbocycles. The van der Waals surface area contributed by atoms with Crippen LogP contribution in [0.25, 0.3) is 0 Å². The van der Waals surface area contributed by atoms with Crippen LogP contribution in [0.2, 0.25) is 0 Å². The maximum absolute atomic E-state index is 12.6. The van der Waals surface area contributed by atoms with Gasteiger partial charge in [-0.1, -0.05) is 12.1 Å². The minimum absolute atomic E-state index is 0.00871. The Morgan fingerprint density at radius 3 is 2.80 bits per heavy atom. The first-order chi connectivity index (χ1) is 12.1. The van der Waals surface area contributed by atoms with E-state index in [2.05, 4.69) is 22.0 Å². The summed E-state index contributed by atoms with van der Waals surface area (Å²) in [5.74, 6) is 2.51. The van der Waals surface area contributed by atoms with Crippen molar-refractivity contribution in [2.24, 2.45) is 0 Å². The van der Waals surface area contributed by atoms with Gasteiger partial charge < -0.3 is 13.8 Å². The largest absolute Gasteiger partial charge is 0.456 e. The van der Waals surface area contributed by atoms with Crippen molar-refractivity contribution >= 4 is 5.91 Å². The molecule has 3 heterocycles. The topological polar surface area (TPSA) is 75.6 Å². The molecule has 25 heavy (non-hydrogen) atoms. The Kier molecular flexibility index (Phi) is 5.53. The summed E-state index contributed by atoms with van der Waals surface area (Å²) in [6, 6.07) is 4.01. The number of nitrogens with zero attached hydrogens (tertiary/aromatic N) is 4. The Hall–Kier alpha value is -2.15. The smallest absolute Gasteiger partial charge is 0.289 e. The molecule has 2 aromatic rings. The van der Waals surface area contributed by atoms with E-state index in [0.29, 0.717) is 24.2 Å². The van der Waals surface area contributed by atoms with Crippen molar-refractivity contribution in [3.8, 4) is 0 Å². The molecule has 7 nitrogen and oxygen atoms in total. The van der Waals surface area contributed by atoms with Gasteiger partial charge in [-0.15, -0.1) is 0 Å². The highest BCUT2D eigenvalue weighted by Gasteiger charge is 2.26. The summed E-state index contributed by atoms with van der Waals surface area (Å²) in [5, 5.41) is 4.00. The molecule has 0 N–H and O–H groups in total. The molecule has 2 aromatic heterocycles. The Morgan fingerprint density at radius 2 is 2.16 bits per heavy atom. The Labute approximate surface area is 148 Å². The lowest BCUT2D eigenvalue weighted by molar-refractivity contribution is 0.0722. The molecule has 7 heteroatoms. The zero-order valence-electron chi connectivity index (χ0n) is 15.2. The number of carbonyl (C=O) groups is 1. The summed E-state index contributed by atoms with van der Waals surface area (Å²) in [5.41, 5.74) is 0. The summed E-state index contributed by atoms with van der Waals surface area (Å²) >= 11 is 0. The molecule has 0 radical (unpaired) electrons. The van der Waals surface area contributed by atoms with Crippen LogP contribution in [0.4, 0.5) is 0 Å². The predicted molar refractivity (Wildman–Crippen MR) is 92.1 cm³/mol. The number of amides is 1. The third-order valence-electron chi connectivity index (χ3n) is 4.77. The van der Waals surface area contributed by atoms with E-state index in [0.717, 1.165) is 50.5 Å². The van der Waals surface area contributed by atoms with Gasteiger partial charge in [0.15, 0.2) is 11.6 Å². The molecule has 0 bridgehead atoms. The van der Waals surface area contributed by atoms with Crippen molar-refractivity contribution in [3.63, 3.8) is 0 Å². The lowest BCUT2D eigenvalue weighted by Crippen LogP contribution is -2.37. The SMILES string of the molecule is CCN(Cc1noc(C)n1)[C@@H]1CCCN(C(=O)c2ccc(C)o2)CC1.